The van der Waals surface area contributed by atoms with Gasteiger partial charge in [-0.2, -0.15) is 0 Å². The molecule has 3 heterocycles. The number of carbonyl (C=O) groups excluding carboxylic acids is 2. The van der Waals surface area contributed by atoms with Gasteiger partial charge in [0.25, 0.3) is 0 Å². The zero-order valence-electron chi connectivity index (χ0n) is 20.6. The van der Waals surface area contributed by atoms with Gasteiger partial charge in [-0.1, -0.05) is 17.3 Å². The van der Waals surface area contributed by atoms with E-state index < -0.39 is 0 Å². The Morgan fingerprint density at radius 2 is 1.94 bits per heavy atom. The highest BCUT2D eigenvalue weighted by molar-refractivity contribution is 5.98. The van der Waals surface area contributed by atoms with Crippen molar-refractivity contribution in [2.45, 2.75) is 27.3 Å². The lowest BCUT2D eigenvalue weighted by Gasteiger charge is -2.20. The predicted octanol–water partition coefficient (Wildman–Crippen LogP) is 4.67. The van der Waals surface area contributed by atoms with Crippen LogP contribution in [0.15, 0.2) is 69.8 Å². The molecular weight excluding hydrogens is 460 g/mol. The summed E-state index contributed by atoms with van der Waals surface area (Å²) in [6.45, 7) is 5.72. The molecule has 9 nitrogen and oxygen atoms in total. The number of anilines is 1. The summed E-state index contributed by atoms with van der Waals surface area (Å²) in [7, 11) is 1.53. The molecule has 0 spiro atoms. The fourth-order valence-corrected chi connectivity index (χ4v) is 3.95. The van der Waals surface area contributed by atoms with Crippen molar-refractivity contribution in [2.75, 3.05) is 19.0 Å². The number of ether oxygens (including phenoxy) is 1. The lowest BCUT2D eigenvalue weighted by atomic mass is 10.2. The third-order valence-corrected chi connectivity index (χ3v) is 5.67. The van der Waals surface area contributed by atoms with Crippen LogP contribution >= 0.6 is 0 Å². The number of furan rings is 1. The molecule has 0 aliphatic carbocycles. The quantitative estimate of drug-likeness (QED) is 0.344. The van der Waals surface area contributed by atoms with E-state index in [1.807, 2.05) is 43.5 Å². The van der Waals surface area contributed by atoms with E-state index in [9.17, 15) is 9.59 Å². The molecule has 4 rings (SSSR count). The van der Waals surface area contributed by atoms with E-state index in [4.69, 9.17) is 13.7 Å². The smallest absolute Gasteiger partial charge is 0.247 e. The van der Waals surface area contributed by atoms with E-state index in [0.29, 0.717) is 28.8 Å². The second-order valence-electron chi connectivity index (χ2n) is 8.31. The lowest BCUT2D eigenvalue weighted by Crippen LogP contribution is -2.36. The normalized spacial score (nSPS) is 11.1. The van der Waals surface area contributed by atoms with Crippen LogP contribution in [0, 0.1) is 20.8 Å². The van der Waals surface area contributed by atoms with Gasteiger partial charge in [0.2, 0.25) is 11.8 Å². The van der Waals surface area contributed by atoms with Gasteiger partial charge in [0.05, 0.1) is 25.6 Å². The van der Waals surface area contributed by atoms with Gasteiger partial charge in [-0.15, -0.1) is 0 Å². The molecular formula is C27H28N4O5. The Morgan fingerprint density at radius 3 is 2.64 bits per heavy atom. The van der Waals surface area contributed by atoms with E-state index in [2.05, 4.69) is 10.5 Å². The Labute approximate surface area is 208 Å². The van der Waals surface area contributed by atoms with Gasteiger partial charge in [0.1, 0.15) is 23.8 Å². The Morgan fingerprint density at radius 1 is 1.14 bits per heavy atom. The van der Waals surface area contributed by atoms with Crippen molar-refractivity contribution < 1.29 is 23.3 Å². The number of rotatable bonds is 9. The molecule has 0 saturated carbocycles. The molecule has 3 aromatic heterocycles. The van der Waals surface area contributed by atoms with E-state index in [0.717, 1.165) is 17.0 Å². The molecule has 0 atom stereocenters. The largest absolute Gasteiger partial charge is 0.495 e. The third-order valence-electron chi connectivity index (χ3n) is 5.67. The number of nitrogens with one attached hydrogen (secondary N) is 1. The van der Waals surface area contributed by atoms with E-state index in [1.54, 1.807) is 36.4 Å². The molecule has 4 aromatic rings. The molecule has 1 aromatic carbocycles. The summed E-state index contributed by atoms with van der Waals surface area (Å²) < 4.78 is 17.9. The lowest BCUT2D eigenvalue weighted by molar-refractivity contribution is -0.131. The molecule has 0 aliphatic rings. The molecule has 9 heteroatoms. The molecule has 0 bridgehead atoms. The number of para-hydroxylation sites is 2. The van der Waals surface area contributed by atoms with Gasteiger partial charge in [0, 0.05) is 23.5 Å². The van der Waals surface area contributed by atoms with Crippen LogP contribution < -0.4 is 10.1 Å². The van der Waals surface area contributed by atoms with E-state index in [1.165, 1.54) is 24.3 Å². The Balaban J connectivity index is 1.52. The number of nitrogens with zero attached hydrogens (tertiary/aromatic N) is 3. The Kier molecular flexibility index (Phi) is 7.39. The number of benzene rings is 1. The number of hydrogen-bond donors (Lipinski definition) is 1. The van der Waals surface area contributed by atoms with Gasteiger partial charge in [-0.05, 0) is 62.7 Å². The van der Waals surface area contributed by atoms with Crippen LogP contribution in [0.4, 0.5) is 5.69 Å². The fourth-order valence-electron chi connectivity index (χ4n) is 3.95. The molecule has 2 amide bonds. The first kappa shape index (κ1) is 24.6. The molecule has 0 radical (unpaired) electrons. The number of hydrogen-bond acceptors (Lipinski definition) is 6. The minimum absolute atomic E-state index is 0.146. The Bertz CT molecular complexity index is 1380. The van der Waals surface area contributed by atoms with Gasteiger partial charge in [0.15, 0.2) is 5.82 Å². The van der Waals surface area contributed by atoms with Crippen LogP contribution in [0.2, 0.25) is 0 Å². The number of carbonyl (C=O) groups is 2. The van der Waals surface area contributed by atoms with Crippen molar-refractivity contribution in [1.29, 1.82) is 0 Å². The number of aryl methyl sites for hydroxylation is 2. The Hall–Kier alpha value is -4.53. The molecule has 0 unspecified atom stereocenters. The number of aromatic nitrogens is 2. The number of amides is 2. The summed E-state index contributed by atoms with van der Waals surface area (Å²) >= 11 is 0. The summed E-state index contributed by atoms with van der Waals surface area (Å²) in [6.07, 6.45) is 4.73. The average Bonchev–Trinajstić information content (AvgIpc) is 3.58. The van der Waals surface area contributed by atoms with Crippen LogP contribution in [0.25, 0.3) is 11.9 Å². The molecule has 0 aliphatic heterocycles. The maximum atomic E-state index is 13.2. The van der Waals surface area contributed by atoms with Crippen molar-refractivity contribution in [3.63, 3.8) is 0 Å². The van der Waals surface area contributed by atoms with Gasteiger partial charge < -0.3 is 23.9 Å². The first-order chi connectivity index (χ1) is 17.4. The molecule has 1 N–H and O–H groups in total. The fraction of sp³-hybridized carbons (Fsp3) is 0.222. The molecule has 0 saturated heterocycles. The van der Waals surface area contributed by atoms with Crippen LogP contribution in [-0.2, 0) is 16.1 Å². The topological polar surface area (TPSA) is 103 Å². The highest BCUT2D eigenvalue weighted by Crippen LogP contribution is 2.24. The van der Waals surface area contributed by atoms with Crippen LogP contribution in [0.3, 0.4) is 0 Å². The van der Waals surface area contributed by atoms with Gasteiger partial charge in [-0.25, -0.2) is 0 Å². The SMILES string of the molecule is COc1ccccc1NC(=O)CN(Cc1ccco1)C(=O)/C=C/c1cc(C)n(-c2cc(C)on2)c1C. The van der Waals surface area contributed by atoms with Gasteiger partial charge in [-0.3, -0.25) is 14.2 Å². The van der Waals surface area contributed by atoms with E-state index in [-0.39, 0.29) is 24.9 Å². The van der Waals surface area contributed by atoms with Crippen LogP contribution in [0.1, 0.15) is 28.5 Å². The summed E-state index contributed by atoms with van der Waals surface area (Å²) in [5, 5.41) is 6.90. The molecule has 0 fully saturated rings. The zero-order chi connectivity index (χ0) is 25.7. The highest BCUT2D eigenvalue weighted by atomic mass is 16.5. The monoisotopic (exact) mass is 488 g/mol. The van der Waals surface area contributed by atoms with Crippen molar-refractivity contribution >= 4 is 23.6 Å². The van der Waals surface area contributed by atoms with Crippen molar-refractivity contribution in [2.24, 2.45) is 0 Å². The third kappa shape index (κ3) is 5.57. The zero-order valence-corrected chi connectivity index (χ0v) is 20.6. The first-order valence-electron chi connectivity index (χ1n) is 11.4. The predicted molar refractivity (Wildman–Crippen MR) is 135 cm³/mol. The average molecular weight is 489 g/mol. The summed E-state index contributed by atoms with van der Waals surface area (Å²) in [6, 6.07) is 14.4. The van der Waals surface area contributed by atoms with E-state index >= 15 is 0 Å². The molecule has 36 heavy (non-hydrogen) atoms. The number of methoxy groups -OCH3 is 1. The summed E-state index contributed by atoms with van der Waals surface area (Å²) in [5.41, 5.74) is 3.26. The van der Waals surface area contributed by atoms with Crippen molar-refractivity contribution in [3.8, 4) is 11.6 Å². The minimum Gasteiger partial charge on any atom is -0.495 e. The molecule has 186 valence electrons. The van der Waals surface area contributed by atoms with Crippen molar-refractivity contribution in [3.05, 3.63) is 89.3 Å². The van der Waals surface area contributed by atoms with Crippen molar-refractivity contribution in [1.82, 2.24) is 14.6 Å². The summed E-state index contributed by atoms with van der Waals surface area (Å²) in [5.74, 6) is 1.82. The van der Waals surface area contributed by atoms with Crippen LogP contribution in [-0.4, -0.2) is 40.1 Å². The maximum Gasteiger partial charge on any atom is 0.247 e. The summed E-state index contributed by atoms with van der Waals surface area (Å²) in [4.78, 5) is 27.4. The van der Waals surface area contributed by atoms with Gasteiger partial charge >= 0.3 is 0 Å². The second-order valence-corrected chi connectivity index (χ2v) is 8.31. The maximum absolute atomic E-state index is 13.2. The standard InChI is InChI=1S/C27H28N4O5/c1-18-14-21(20(3)31(18)25-15-19(2)36-29-25)11-12-27(33)30(16-22-8-7-13-35-22)17-26(32)28-23-9-5-6-10-24(23)34-4/h5-15H,16-17H2,1-4H3,(H,28,32)/b12-11+. The highest BCUT2D eigenvalue weighted by Gasteiger charge is 2.19. The van der Waals surface area contributed by atoms with Crippen LogP contribution in [0.5, 0.6) is 5.75 Å². The minimum atomic E-state index is -0.354. The first-order valence-corrected chi connectivity index (χ1v) is 11.4. The second kappa shape index (κ2) is 10.8.